The summed E-state index contributed by atoms with van der Waals surface area (Å²) in [6, 6.07) is 11.2. The molecule has 0 spiro atoms. The molecular formula is C21H21F3N2O3. The molecule has 2 N–H and O–H groups in total. The zero-order valence-electron chi connectivity index (χ0n) is 15.6. The highest BCUT2D eigenvalue weighted by Gasteiger charge is 2.31. The number of halogens is 3. The van der Waals surface area contributed by atoms with Crippen molar-refractivity contribution in [1.82, 2.24) is 10.6 Å². The van der Waals surface area contributed by atoms with E-state index in [1.165, 1.54) is 0 Å². The maximum absolute atomic E-state index is 12.5. The third-order valence-corrected chi connectivity index (χ3v) is 4.58. The number of nitrogens with one attached hydrogen (secondary N) is 2. The van der Waals surface area contributed by atoms with Crippen LogP contribution in [0.25, 0.3) is 0 Å². The third kappa shape index (κ3) is 5.35. The Labute approximate surface area is 166 Å². The van der Waals surface area contributed by atoms with Crippen molar-refractivity contribution >= 4 is 11.7 Å². The molecule has 154 valence electrons. The number of para-hydroxylation sites is 1. The van der Waals surface area contributed by atoms with Gasteiger partial charge in [-0.2, -0.15) is 13.2 Å². The molecule has 0 fully saturated rings. The lowest BCUT2D eigenvalue weighted by atomic mass is 10.1. The topological polar surface area (TPSA) is 67.4 Å². The lowest BCUT2D eigenvalue weighted by Gasteiger charge is -2.11. The Morgan fingerprint density at radius 1 is 1.00 bits per heavy atom. The third-order valence-electron chi connectivity index (χ3n) is 4.58. The van der Waals surface area contributed by atoms with Crippen LogP contribution in [0.1, 0.15) is 39.1 Å². The summed E-state index contributed by atoms with van der Waals surface area (Å²) in [7, 11) is 0. The molecule has 29 heavy (non-hydrogen) atoms. The number of ketones is 1. The number of fused-ring (bicyclic) bond motifs is 1. The minimum Gasteiger partial charge on any atom is -0.480 e. The molecular weight excluding hydrogens is 385 g/mol. The number of hydrogen-bond acceptors (Lipinski definition) is 4. The summed E-state index contributed by atoms with van der Waals surface area (Å²) >= 11 is 0. The Balaban J connectivity index is 1.30. The monoisotopic (exact) mass is 406 g/mol. The molecule has 1 heterocycles. The van der Waals surface area contributed by atoms with E-state index in [0.29, 0.717) is 37.4 Å². The van der Waals surface area contributed by atoms with Crippen molar-refractivity contribution in [2.75, 3.05) is 19.6 Å². The molecule has 0 bridgehead atoms. The van der Waals surface area contributed by atoms with Crippen LogP contribution in [0.5, 0.6) is 5.75 Å². The fourth-order valence-corrected chi connectivity index (χ4v) is 3.01. The van der Waals surface area contributed by atoms with Gasteiger partial charge in [0.25, 0.3) is 5.91 Å². The summed E-state index contributed by atoms with van der Waals surface area (Å²) in [4.78, 5) is 24.1. The van der Waals surface area contributed by atoms with Crippen LogP contribution in [0, 0.1) is 0 Å². The van der Waals surface area contributed by atoms with E-state index in [4.69, 9.17) is 4.74 Å². The van der Waals surface area contributed by atoms with Crippen LogP contribution in [-0.2, 0) is 6.18 Å². The summed E-state index contributed by atoms with van der Waals surface area (Å²) < 4.78 is 43.2. The highest BCUT2D eigenvalue weighted by atomic mass is 19.4. The van der Waals surface area contributed by atoms with Crippen LogP contribution < -0.4 is 15.4 Å². The second kappa shape index (κ2) is 9.09. The van der Waals surface area contributed by atoms with Crippen molar-refractivity contribution in [3.05, 3.63) is 65.2 Å². The van der Waals surface area contributed by atoms with Gasteiger partial charge in [0.2, 0.25) is 5.78 Å². The predicted octanol–water partition coefficient (Wildman–Crippen LogP) is 3.45. The second-order valence-corrected chi connectivity index (χ2v) is 6.71. The fourth-order valence-electron chi connectivity index (χ4n) is 3.01. The molecule has 1 unspecified atom stereocenters. The fraction of sp³-hybridized carbons (Fsp3) is 0.333. The molecule has 3 rings (SSSR count). The maximum atomic E-state index is 12.5. The van der Waals surface area contributed by atoms with Gasteiger partial charge in [0.05, 0.1) is 11.1 Å². The van der Waals surface area contributed by atoms with Crippen LogP contribution >= 0.6 is 0 Å². The van der Waals surface area contributed by atoms with Gasteiger partial charge < -0.3 is 15.4 Å². The first-order valence-corrected chi connectivity index (χ1v) is 9.32. The highest BCUT2D eigenvalue weighted by Crippen LogP contribution is 2.29. The summed E-state index contributed by atoms with van der Waals surface area (Å²) in [6.45, 7) is 1.47. The molecule has 5 nitrogen and oxygen atoms in total. The van der Waals surface area contributed by atoms with E-state index in [2.05, 4.69) is 10.6 Å². The minimum absolute atomic E-state index is 0.0306. The number of amides is 1. The van der Waals surface area contributed by atoms with Crippen LogP contribution in [0.15, 0.2) is 48.5 Å². The van der Waals surface area contributed by atoms with E-state index in [1.54, 1.807) is 18.2 Å². The number of hydrogen-bond donors (Lipinski definition) is 2. The van der Waals surface area contributed by atoms with E-state index in [9.17, 15) is 22.8 Å². The molecule has 1 amide bonds. The zero-order valence-corrected chi connectivity index (χ0v) is 15.6. The molecule has 2 aromatic rings. The minimum atomic E-state index is -4.42. The first-order valence-electron chi connectivity index (χ1n) is 9.32. The molecule has 8 heteroatoms. The lowest BCUT2D eigenvalue weighted by molar-refractivity contribution is -0.137. The van der Waals surface area contributed by atoms with Gasteiger partial charge >= 0.3 is 6.18 Å². The number of rotatable bonds is 8. The first kappa shape index (κ1) is 20.9. The number of Topliss-reactive ketones (excluding diaryl/α,β-unsaturated/α-hetero) is 1. The van der Waals surface area contributed by atoms with Crippen molar-refractivity contribution in [3.63, 3.8) is 0 Å². The first-order chi connectivity index (χ1) is 13.9. The van der Waals surface area contributed by atoms with Crippen molar-refractivity contribution in [2.45, 2.75) is 25.1 Å². The quantitative estimate of drug-likeness (QED) is 0.659. The molecule has 1 aliphatic heterocycles. The number of unbranched alkanes of at least 4 members (excludes halogenated alkanes) is 1. The number of alkyl halides is 3. The lowest BCUT2D eigenvalue weighted by Crippen LogP contribution is -2.34. The largest absolute Gasteiger partial charge is 0.480 e. The number of carbonyl (C=O) groups is 2. The van der Waals surface area contributed by atoms with E-state index in [-0.39, 0.29) is 11.3 Å². The Morgan fingerprint density at radius 3 is 2.38 bits per heavy atom. The standard InChI is InChI=1S/C21H21F3N2O3/c22-21(23,24)15-9-7-14(8-10-15)20(28)26-12-4-3-11-25-13-18-19(27)16-5-1-2-6-17(16)29-18/h1-2,5-10,18,25H,3-4,11-13H2,(H,26,28). The number of benzene rings is 2. The summed E-state index contributed by atoms with van der Waals surface area (Å²) in [6.07, 6.45) is -3.48. The van der Waals surface area contributed by atoms with E-state index in [1.807, 2.05) is 6.07 Å². The van der Waals surface area contributed by atoms with Gasteiger partial charge in [-0.05, 0) is 55.8 Å². The Bertz CT molecular complexity index is 866. The number of ether oxygens (including phenoxy) is 1. The smallest absolute Gasteiger partial charge is 0.416 e. The SMILES string of the molecule is O=C(NCCCCNCC1Oc2ccccc2C1=O)c1ccc(C(F)(F)F)cc1. The highest BCUT2D eigenvalue weighted by molar-refractivity contribution is 6.04. The van der Waals surface area contributed by atoms with Crippen molar-refractivity contribution < 1.29 is 27.5 Å². The molecule has 0 saturated carbocycles. The summed E-state index contributed by atoms with van der Waals surface area (Å²) in [5, 5.41) is 5.85. The average molecular weight is 406 g/mol. The van der Waals surface area contributed by atoms with Gasteiger partial charge in [-0.3, -0.25) is 9.59 Å². The predicted molar refractivity (Wildman–Crippen MR) is 101 cm³/mol. The number of carbonyl (C=O) groups excluding carboxylic acids is 2. The van der Waals surface area contributed by atoms with Gasteiger partial charge in [-0.25, -0.2) is 0 Å². The van der Waals surface area contributed by atoms with Crippen LogP contribution in [0.3, 0.4) is 0 Å². The molecule has 2 aromatic carbocycles. The zero-order chi connectivity index (χ0) is 20.9. The van der Waals surface area contributed by atoms with Crippen molar-refractivity contribution in [2.24, 2.45) is 0 Å². The molecule has 0 radical (unpaired) electrons. The molecule has 0 saturated heterocycles. The molecule has 0 aromatic heterocycles. The van der Waals surface area contributed by atoms with E-state index in [0.717, 1.165) is 30.7 Å². The van der Waals surface area contributed by atoms with E-state index < -0.39 is 23.8 Å². The maximum Gasteiger partial charge on any atom is 0.416 e. The van der Waals surface area contributed by atoms with Crippen molar-refractivity contribution in [3.8, 4) is 5.75 Å². The van der Waals surface area contributed by atoms with E-state index >= 15 is 0 Å². The molecule has 0 aliphatic carbocycles. The van der Waals surface area contributed by atoms with Gasteiger partial charge in [-0.1, -0.05) is 12.1 Å². The Hall–Kier alpha value is -2.87. The van der Waals surface area contributed by atoms with Gasteiger partial charge in [0.1, 0.15) is 5.75 Å². The average Bonchev–Trinajstić information content (AvgIpc) is 3.02. The summed E-state index contributed by atoms with van der Waals surface area (Å²) in [5.74, 6) is 0.168. The van der Waals surface area contributed by atoms with Gasteiger partial charge in [-0.15, -0.1) is 0 Å². The second-order valence-electron chi connectivity index (χ2n) is 6.71. The normalized spacial score (nSPS) is 15.7. The Morgan fingerprint density at radius 2 is 1.69 bits per heavy atom. The molecule has 1 aliphatic rings. The Kier molecular flexibility index (Phi) is 6.53. The van der Waals surface area contributed by atoms with Crippen LogP contribution in [-0.4, -0.2) is 37.4 Å². The summed E-state index contributed by atoms with van der Waals surface area (Å²) in [5.41, 5.74) is 0.00538. The molecule has 1 atom stereocenters. The van der Waals surface area contributed by atoms with Gasteiger partial charge in [0, 0.05) is 18.7 Å². The van der Waals surface area contributed by atoms with Crippen LogP contribution in [0.4, 0.5) is 13.2 Å². The van der Waals surface area contributed by atoms with Crippen molar-refractivity contribution in [1.29, 1.82) is 0 Å². The van der Waals surface area contributed by atoms with Crippen LogP contribution in [0.2, 0.25) is 0 Å². The van der Waals surface area contributed by atoms with Gasteiger partial charge in [0.15, 0.2) is 6.10 Å².